The number of nitrogens with zero attached hydrogens (tertiary/aromatic N) is 3. The minimum atomic E-state index is -4.71. The molecule has 1 aliphatic carbocycles. The van der Waals surface area contributed by atoms with Crippen molar-refractivity contribution in [1.82, 2.24) is 20.1 Å². The third kappa shape index (κ3) is 6.00. The number of fused-ring (bicyclic) bond motifs is 1. The average Bonchev–Trinajstić information content (AvgIpc) is 3.12. The van der Waals surface area contributed by atoms with Crippen LogP contribution >= 0.6 is 11.6 Å². The van der Waals surface area contributed by atoms with E-state index >= 15 is 0 Å². The van der Waals surface area contributed by atoms with Crippen molar-refractivity contribution < 1.29 is 35.5 Å². The number of hydrogen-bond acceptors (Lipinski definition) is 4. The largest absolute Gasteiger partial charge is 0.433 e. The second kappa shape index (κ2) is 9.75. The van der Waals surface area contributed by atoms with Crippen LogP contribution in [-0.4, -0.2) is 38.9 Å². The molecule has 36 heavy (non-hydrogen) atoms. The Kier molecular flexibility index (Phi) is 7.04. The zero-order chi connectivity index (χ0) is 26.3. The van der Waals surface area contributed by atoms with Gasteiger partial charge in [0.25, 0.3) is 5.91 Å². The van der Waals surface area contributed by atoms with Crippen LogP contribution in [-0.2, 0) is 12.7 Å². The van der Waals surface area contributed by atoms with Crippen molar-refractivity contribution in [1.29, 1.82) is 0 Å². The highest BCUT2D eigenvalue weighted by atomic mass is 35.5. The summed E-state index contributed by atoms with van der Waals surface area (Å²) in [6.07, 6.45) is -6.32. The molecule has 0 spiro atoms. The van der Waals surface area contributed by atoms with Crippen LogP contribution in [0.3, 0.4) is 0 Å². The summed E-state index contributed by atoms with van der Waals surface area (Å²) < 4.78 is 92.2. The molecular weight excluding hydrogens is 519 g/mol. The quantitative estimate of drug-likeness (QED) is 0.394. The fraction of sp³-hybridized carbons (Fsp3) is 0.409. The maximum atomic E-state index is 13.8. The minimum absolute atomic E-state index is 0.0279. The van der Waals surface area contributed by atoms with Gasteiger partial charge in [-0.1, -0.05) is 11.6 Å². The van der Waals surface area contributed by atoms with E-state index < -0.39 is 47.5 Å². The van der Waals surface area contributed by atoms with Crippen LogP contribution in [0.4, 0.5) is 36.4 Å². The standard InChI is InChI=1S/C22H19ClF7N5O/c23-19-15(9-31-35(19)10-21(25,26)27)20(36)33-13-3-1-2-12(7-13)32-17-8-18(22(28,29)30)34-16-5-4-11(24)6-14(16)17/h4-6,8-9,12-13H,1-3,7,10H2,(H,32,34)(H,33,36)/t12-,13+/m0/s1. The molecule has 0 radical (unpaired) electrons. The van der Waals surface area contributed by atoms with Crippen LogP contribution in [0.1, 0.15) is 41.7 Å². The lowest BCUT2D eigenvalue weighted by atomic mass is 9.90. The van der Waals surface area contributed by atoms with Crippen LogP contribution < -0.4 is 10.6 Å². The molecule has 0 bridgehead atoms. The van der Waals surface area contributed by atoms with Crippen molar-refractivity contribution in [2.45, 2.75) is 56.7 Å². The number of amides is 1. The molecule has 0 unspecified atom stereocenters. The Bertz CT molecular complexity index is 1270. The highest BCUT2D eigenvalue weighted by Gasteiger charge is 2.34. The van der Waals surface area contributed by atoms with E-state index in [2.05, 4.69) is 20.7 Å². The van der Waals surface area contributed by atoms with Crippen LogP contribution in [0.5, 0.6) is 0 Å². The SMILES string of the molecule is O=C(N[C@@H]1CCC[C@H](Nc2cc(C(F)(F)F)nc3ccc(F)cc23)C1)c1cnn(CC(F)(F)F)c1Cl. The number of aromatic nitrogens is 3. The van der Waals surface area contributed by atoms with E-state index in [1.165, 1.54) is 0 Å². The van der Waals surface area contributed by atoms with Gasteiger partial charge < -0.3 is 10.6 Å². The summed E-state index contributed by atoms with van der Waals surface area (Å²) in [4.78, 5) is 16.2. The first-order valence-electron chi connectivity index (χ1n) is 10.8. The van der Waals surface area contributed by atoms with Crippen LogP contribution in [0, 0.1) is 5.82 Å². The van der Waals surface area contributed by atoms with E-state index in [-0.39, 0.29) is 28.2 Å². The topological polar surface area (TPSA) is 71.8 Å². The summed E-state index contributed by atoms with van der Waals surface area (Å²) in [5.41, 5.74) is -1.32. The lowest BCUT2D eigenvalue weighted by Crippen LogP contribution is -2.41. The molecule has 0 saturated heterocycles. The predicted octanol–water partition coefficient (Wildman–Crippen LogP) is 5.96. The number of hydrogen-bond donors (Lipinski definition) is 2. The molecule has 2 heterocycles. The van der Waals surface area contributed by atoms with E-state index in [0.717, 1.165) is 30.5 Å². The summed E-state index contributed by atoms with van der Waals surface area (Å²) in [6, 6.07) is 3.29. The van der Waals surface area contributed by atoms with Crippen molar-refractivity contribution in [3.8, 4) is 0 Å². The molecule has 4 rings (SSSR count). The van der Waals surface area contributed by atoms with Gasteiger partial charge in [0.1, 0.15) is 23.2 Å². The lowest BCUT2D eigenvalue weighted by Gasteiger charge is -2.31. The Morgan fingerprint density at radius 3 is 2.53 bits per heavy atom. The second-order valence-electron chi connectivity index (χ2n) is 8.51. The monoisotopic (exact) mass is 537 g/mol. The first-order chi connectivity index (χ1) is 16.8. The zero-order valence-corrected chi connectivity index (χ0v) is 19.1. The van der Waals surface area contributed by atoms with Crippen molar-refractivity contribution in [2.75, 3.05) is 5.32 Å². The molecule has 14 heteroatoms. The third-order valence-corrected chi connectivity index (χ3v) is 6.18. The van der Waals surface area contributed by atoms with E-state index in [1.54, 1.807) is 0 Å². The Hall–Kier alpha value is -3.09. The number of benzene rings is 1. The first-order valence-corrected chi connectivity index (χ1v) is 11.2. The number of halogens is 8. The van der Waals surface area contributed by atoms with Gasteiger partial charge in [-0.15, -0.1) is 0 Å². The highest BCUT2D eigenvalue weighted by Crippen LogP contribution is 2.35. The van der Waals surface area contributed by atoms with Gasteiger partial charge in [0.2, 0.25) is 0 Å². The lowest BCUT2D eigenvalue weighted by molar-refractivity contribution is -0.142. The smallest absolute Gasteiger partial charge is 0.382 e. The molecule has 1 saturated carbocycles. The van der Waals surface area contributed by atoms with Crippen LogP contribution in [0.15, 0.2) is 30.5 Å². The van der Waals surface area contributed by atoms with Gasteiger partial charge in [0.05, 0.1) is 17.3 Å². The number of nitrogens with one attached hydrogen (secondary N) is 2. The second-order valence-corrected chi connectivity index (χ2v) is 8.87. The summed E-state index contributed by atoms with van der Waals surface area (Å²) in [6.45, 7) is -1.45. The molecule has 2 atom stereocenters. The molecule has 2 aromatic heterocycles. The van der Waals surface area contributed by atoms with Gasteiger partial charge in [-0.3, -0.25) is 4.79 Å². The predicted molar refractivity (Wildman–Crippen MR) is 117 cm³/mol. The number of anilines is 1. The molecule has 2 N–H and O–H groups in total. The van der Waals surface area contributed by atoms with E-state index in [0.29, 0.717) is 30.4 Å². The number of alkyl halides is 6. The Morgan fingerprint density at radius 2 is 1.83 bits per heavy atom. The minimum Gasteiger partial charge on any atom is -0.382 e. The zero-order valence-electron chi connectivity index (χ0n) is 18.4. The molecular formula is C22H19ClF7N5O. The molecule has 1 aromatic carbocycles. The molecule has 6 nitrogen and oxygen atoms in total. The van der Waals surface area contributed by atoms with Crippen molar-refractivity contribution in [3.05, 3.63) is 52.7 Å². The molecule has 194 valence electrons. The Morgan fingerprint density at radius 1 is 1.11 bits per heavy atom. The van der Waals surface area contributed by atoms with E-state index in [1.807, 2.05) is 0 Å². The normalized spacial score (nSPS) is 18.9. The van der Waals surface area contributed by atoms with Gasteiger partial charge in [-0.25, -0.2) is 14.1 Å². The fourth-order valence-electron chi connectivity index (χ4n) is 4.20. The van der Waals surface area contributed by atoms with E-state index in [9.17, 15) is 35.5 Å². The number of pyridine rings is 1. The fourth-order valence-corrected chi connectivity index (χ4v) is 4.44. The van der Waals surface area contributed by atoms with Gasteiger partial charge in [0, 0.05) is 23.2 Å². The van der Waals surface area contributed by atoms with Crippen molar-refractivity contribution >= 4 is 34.1 Å². The number of rotatable bonds is 5. The summed E-state index contributed by atoms with van der Waals surface area (Å²) in [7, 11) is 0. The third-order valence-electron chi connectivity index (χ3n) is 5.78. The average molecular weight is 538 g/mol. The molecule has 3 aromatic rings. The number of carbonyl (C=O) groups is 1. The van der Waals surface area contributed by atoms with Crippen molar-refractivity contribution in [2.24, 2.45) is 0 Å². The summed E-state index contributed by atoms with van der Waals surface area (Å²) in [5, 5.41) is 8.96. The highest BCUT2D eigenvalue weighted by molar-refractivity contribution is 6.32. The molecule has 1 amide bonds. The van der Waals surface area contributed by atoms with Crippen LogP contribution in [0.2, 0.25) is 5.15 Å². The van der Waals surface area contributed by atoms with Gasteiger partial charge >= 0.3 is 12.4 Å². The van der Waals surface area contributed by atoms with Gasteiger partial charge in [-0.05, 0) is 49.9 Å². The Balaban J connectivity index is 1.49. The molecule has 1 fully saturated rings. The summed E-state index contributed by atoms with van der Waals surface area (Å²) >= 11 is 5.90. The van der Waals surface area contributed by atoms with Gasteiger partial charge in [0.15, 0.2) is 0 Å². The first kappa shape index (κ1) is 26.0. The van der Waals surface area contributed by atoms with Crippen LogP contribution in [0.25, 0.3) is 10.9 Å². The Labute approximate surface area is 204 Å². The maximum Gasteiger partial charge on any atom is 0.433 e. The maximum absolute atomic E-state index is 13.8. The number of carbonyl (C=O) groups excluding carboxylic acids is 1. The molecule has 1 aliphatic rings. The van der Waals surface area contributed by atoms with E-state index in [4.69, 9.17) is 11.6 Å². The van der Waals surface area contributed by atoms with Gasteiger partial charge in [-0.2, -0.15) is 31.4 Å². The summed E-state index contributed by atoms with van der Waals surface area (Å²) in [5.74, 6) is -1.35. The molecule has 0 aliphatic heterocycles. The van der Waals surface area contributed by atoms with Crippen molar-refractivity contribution in [3.63, 3.8) is 0 Å².